The summed E-state index contributed by atoms with van der Waals surface area (Å²) in [5, 5.41) is 19.3. The Bertz CT molecular complexity index is 1270. The van der Waals surface area contributed by atoms with Crippen molar-refractivity contribution in [2.45, 2.75) is 78.8 Å². The minimum Gasteiger partial charge on any atom is -0.481 e. The van der Waals surface area contributed by atoms with E-state index in [1.54, 1.807) is 41.5 Å². The van der Waals surface area contributed by atoms with Crippen molar-refractivity contribution in [2.24, 2.45) is 10.8 Å². The Hall–Kier alpha value is -4.16. The number of hydrogen-bond acceptors (Lipinski definition) is 8. The van der Waals surface area contributed by atoms with E-state index < -0.39 is 46.2 Å². The third-order valence-corrected chi connectivity index (χ3v) is 7.90. The molecular formula is C36H50N2O10. The van der Waals surface area contributed by atoms with Gasteiger partial charge in [-0.3, -0.25) is 9.59 Å². The number of hydrogen-bond donors (Lipinski definition) is 2. The Morgan fingerprint density at radius 2 is 0.958 bits per heavy atom. The highest BCUT2D eigenvalue weighted by atomic mass is 16.6. The first-order chi connectivity index (χ1) is 22.4. The average Bonchev–Trinajstić information content (AvgIpc) is 3.64. The van der Waals surface area contributed by atoms with Gasteiger partial charge in [0.2, 0.25) is 0 Å². The Labute approximate surface area is 282 Å². The summed E-state index contributed by atoms with van der Waals surface area (Å²) in [4.78, 5) is 50.7. The molecule has 264 valence electrons. The van der Waals surface area contributed by atoms with Gasteiger partial charge in [0, 0.05) is 26.2 Å². The molecule has 0 bridgehead atoms. The monoisotopic (exact) mass is 670 g/mol. The van der Waals surface area contributed by atoms with Gasteiger partial charge in [0.1, 0.15) is 22.0 Å². The van der Waals surface area contributed by atoms with Gasteiger partial charge in [-0.05, 0) is 65.5 Å². The Morgan fingerprint density at radius 1 is 0.625 bits per heavy atom. The molecule has 0 aliphatic carbocycles. The summed E-state index contributed by atoms with van der Waals surface area (Å²) >= 11 is 0. The number of likely N-dealkylation sites (tertiary alicyclic amines) is 2. The molecule has 2 aliphatic rings. The van der Waals surface area contributed by atoms with Crippen molar-refractivity contribution in [3.8, 4) is 0 Å². The van der Waals surface area contributed by atoms with Crippen LogP contribution in [0, 0.1) is 10.8 Å². The van der Waals surface area contributed by atoms with E-state index in [4.69, 9.17) is 18.9 Å². The minimum atomic E-state index is -1.08. The maximum absolute atomic E-state index is 12.1. The zero-order valence-electron chi connectivity index (χ0n) is 28.9. The highest BCUT2D eigenvalue weighted by molar-refractivity contribution is 5.79. The number of nitrogens with zero attached hydrogens (tertiary/aromatic N) is 2. The molecule has 2 N–H and O–H groups in total. The summed E-state index contributed by atoms with van der Waals surface area (Å²) in [5.41, 5.74) is -1.39. The summed E-state index contributed by atoms with van der Waals surface area (Å²) in [6.07, 6.45) is -0.241. The quantitative estimate of drug-likeness (QED) is 0.316. The fourth-order valence-electron chi connectivity index (χ4n) is 5.29. The van der Waals surface area contributed by atoms with Crippen molar-refractivity contribution in [3.05, 3.63) is 71.8 Å². The lowest BCUT2D eigenvalue weighted by Crippen LogP contribution is -2.41. The molecule has 2 heterocycles. The second-order valence-corrected chi connectivity index (χ2v) is 14.4. The lowest BCUT2D eigenvalue weighted by Gasteiger charge is -2.27. The number of ether oxygens (including phenoxy) is 4. The largest absolute Gasteiger partial charge is 0.481 e. The predicted octanol–water partition coefficient (Wildman–Crippen LogP) is 5.83. The first-order valence-electron chi connectivity index (χ1n) is 16.1. The highest BCUT2D eigenvalue weighted by Gasteiger charge is 2.48. The summed E-state index contributed by atoms with van der Waals surface area (Å²) in [6.45, 7) is 12.5. The second-order valence-electron chi connectivity index (χ2n) is 14.4. The van der Waals surface area contributed by atoms with Gasteiger partial charge in [-0.25, -0.2) is 9.59 Å². The molecule has 12 nitrogen and oxygen atoms in total. The molecule has 2 aliphatic heterocycles. The number of amides is 2. The van der Waals surface area contributed by atoms with Crippen molar-refractivity contribution in [3.63, 3.8) is 0 Å². The predicted molar refractivity (Wildman–Crippen MR) is 177 cm³/mol. The topological polar surface area (TPSA) is 152 Å². The average molecular weight is 671 g/mol. The molecule has 0 saturated carbocycles. The smallest absolute Gasteiger partial charge is 0.410 e. The summed E-state index contributed by atoms with van der Waals surface area (Å²) in [6, 6.07) is 19.2. The molecule has 2 aromatic rings. The highest BCUT2D eigenvalue weighted by Crippen LogP contribution is 2.34. The molecule has 0 spiro atoms. The molecule has 2 atom stereocenters. The summed E-state index contributed by atoms with van der Waals surface area (Å²) in [7, 11) is 0. The van der Waals surface area contributed by atoms with Gasteiger partial charge in [0.15, 0.2) is 0 Å². The SMILES string of the molecule is CC(C)(C)OC(=O)N1CC[C@@](COCc2ccccc2)(C(=O)O)C1.CC(C)(C)OC(=O)N1CC[C@](COCc2ccccc2)(C(=O)O)C1. The van der Waals surface area contributed by atoms with Crippen molar-refractivity contribution in [1.29, 1.82) is 0 Å². The molecule has 0 aromatic heterocycles. The van der Waals surface area contributed by atoms with Crippen LogP contribution in [0.5, 0.6) is 0 Å². The lowest BCUT2D eigenvalue weighted by molar-refractivity contribution is -0.153. The fraction of sp³-hybridized carbons (Fsp3) is 0.556. The molecule has 2 saturated heterocycles. The van der Waals surface area contributed by atoms with Gasteiger partial charge in [-0.1, -0.05) is 60.7 Å². The summed E-state index contributed by atoms with van der Waals surface area (Å²) < 4.78 is 21.9. The van der Waals surface area contributed by atoms with Crippen molar-refractivity contribution in [1.82, 2.24) is 9.80 Å². The molecule has 4 rings (SSSR count). The molecular weight excluding hydrogens is 620 g/mol. The molecule has 0 radical (unpaired) electrons. The number of carboxylic acid groups (broad SMARTS) is 2. The fourth-order valence-corrected chi connectivity index (χ4v) is 5.29. The van der Waals surface area contributed by atoms with E-state index in [0.29, 0.717) is 39.1 Å². The van der Waals surface area contributed by atoms with Crippen LogP contribution in [0.15, 0.2) is 60.7 Å². The van der Waals surface area contributed by atoms with Gasteiger partial charge in [-0.2, -0.15) is 0 Å². The number of carboxylic acids is 2. The van der Waals surface area contributed by atoms with E-state index in [1.807, 2.05) is 60.7 Å². The zero-order valence-corrected chi connectivity index (χ0v) is 28.9. The van der Waals surface area contributed by atoms with Gasteiger partial charge in [0.05, 0.1) is 26.4 Å². The van der Waals surface area contributed by atoms with Gasteiger partial charge in [0.25, 0.3) is 0 Å². The maximum atomic E-state index is 12.1. The summed E-state index contributed by atoms with van der Waals surface area (Å²) in [5.74, 6) is -1.89. The van der Waals surface area contributed by atoms with Crippen LogP contribution in [0.25, 0.3) is 0 Å². The van der Waals surface area contributed by atoms with Crippen molar-refractivity contribution >= 4 is 24.1 Å². The van der Waals surface area contributed by atoms with Crippen LogP contribution < -0.4 is 0 Å². The van der Waals surface area contributed by atoms with Crippen LogP contribution in [-0.2, 0) is 41.8 Å². The van der Waals surface area contributed by atoms with Crippen LogP contribution in [-0.4, -0.2) is 94.7 Å². The van der Waals surface area contributed by atoms with Crippen LogP contribution in [0.4, 0.5) is 9.59 Å². The maximum Gasteiger partial charge on any atom is 0.410 e. The van der Waals surface area contributed by atoms with E-state index in [2.05, 4.69) is 0 Å². The lowest BCUT2D eigenvalue weighted by atomic mass is 9.88. The van der Waals surface area contributed by atoms with E-state index >= 15 is 0 Å². The first kappa shape index (κ1) is 38.3. The van der Waals surface area contributed by atoms with Crippen LogP contribution in [0.3, 0.4) is 0 Å². The molecule has 12 heteroatoms. The first-order valence-corrected chi connectivity index (χ1v) is 16.1. The van der Waals surface area contributed by atoms with E-state index in [-0.39, 0.29) is 26.3 Å². The zero-order chi connectivity index (χ0) is 35.6. The minimum absolute atomic E-state index is 0.0660. The number of rotatable bonds is 10. The Kier molecular flexibility index (Phi) is 13.0. The van der Waals surface area contributed by atoms with Gasteiger partial charge >= 0.3 is 24.1 Å². The van der Waals surface area contributed by atoms with Gasteiger partial charge in [-0.15, -0.1) is 0 Å². The Balaban J connectivity index is 0.000000260. The Morgan fingerprint density at radius 3 is 1.25 bits per heavy atom. The number of carbonyl (C=O) groups excluding carboxylic acids is 2. The molecule has 2 aromatic carbocycles. The van der Waals surface area contributed by atoms with E-state index in [0.717, 1.165) is 11.1 Å². The standard InChI is InChI=1S/2C18H25NO5/c2*1-17(2,3)24-16(22)19-10-9-18(12-19,15(20)21)13-23-11-14-7-5-4-6-8-14/h2*4-8H,9-13H2,1-3H3,(H,20,21)/t2*18-/m10/s1. The number of benzene rings is 2. The third kappa shape index (κ3) is 11.5. The molecule has 2 fully saturated rings. The number of aliphatic carboxylic acids is 2. The van der Waals surface area contributed by atoms with Crippen LogP contribution in [0.1, 0.15) is 65.5 Å². The third-order valence-electron chi connectivity index (χ3n) is 7.90. The van der Waals surface area contributed by atoms with Crippen LogP contribution >= 0.6 is 0 Å². The van der Waals surface area contributed by atoms with Crippen molar-refractivity contribution in [2.75, 3.05) is 39.4 Å². The van der Waals surface area contributed by atoms with Crippen molar-refractivity contribution < 1.29 is 48.3 Å². The molecule has 48 heavy (non-hydrogen) atoms. The van der Waals surface area contributed by atoms with E-state index in [1.165, 1.54) is 9.80 Å². The molecule has 0 unspecified atom stereocenters. The van der Waals surface area contributed by atoms with E-state index in [9.17, 15) is 29.4 Å². The van der Waals surface area contributed by atoms with Crippen LogP contribution in [0.2, 0.25) is 0 Å². The molecule has 2 amide bonds. The second kappa shape index (κ2) is 16.3. The normalized spacial score (nSPS) is 20.9. The van der Waals surface area contributed by atoms with Gasteiger partial charge < -0.3 is 39.0 Å². The number of carbonyl (C=O) groups is 4.